The maximum Gasteiger partial charge on any atom is 0.186 e. The lowest BCUT2D eigenvalue weighted by molar-refractivity contribution is -0.177. The molecule has 3 fully saturated rings. The fourth-order valence-corrected chi connectivity index (χ4v) is 3.67. The number of hydrogen-bond acceptors (Lipinski definition) is 5. The summed E-state index contributed by atoms with van der Waals surface area (Å²) in [6.45, 7) is 9.20. The van der Waals surface area contributed by atoms with Crippen LogP contribution in [0.4, 0.5) is 0 Å². The molecule has 3 saturated heterocycles. The Bertz CT molecular complexity index is 504. The van der Waals surface area contributed by atoms with E-state index in [2.05, 4.69) is 28.9 Å². The van der Waals surface area contributed by atoms with E-state index < -0.39 is 0 Å². The normalized spacial score (nSPS) is 35.0. The molecule has 3 aliphatic rings. The van der Waals surface area contributed by atoms with E-state index >= 15 is 0 Å². The second kappa shape index (κ2) is 6.87. The van der Waals surface area contributed by atoms with Crippen LogP contribution in [0.3, 0.4) is 0 Å². The fraction of sp³-hybridized carbons (Fsp3) is 0.667. The maximum absolute atomic E-state index is 5.97. The zero-order valence-corrected chi connectivity index (χ0v) is 13.8. The molecule has 0 aromatic heterocycles. The van der Waals surface area contributed by atoms with Crippen molar-refractivity contribution >= 4 is 0 Å². The van der Waals surface area contributed by atoms with Crippen LogP contribution < -0.4 is 0 Å². The molecule has 5 heteroatoms. The van der Waals surface area contributed by atoms with Crippen molar-refractivity contribution in [2.75, 3.05) is 39.3 Å². The summed E-state index contributed by atoms with van der Waals surface area (Å²) in [5, 5.41) is 0. The molecule has 0 radical (unpaired) electrons. The number of epoxide rings is 1. The molecule has 0 bridgehead atoms. The van der Waals surface area contributed by atoms with Crippen molar-refractivity contribution in [3.05, 3.63) is 35.9 Å². The summed E-state index contributed by atoms with van der Waals surface area (Å²) in [4.78, 5) is 5.03. The molecule has 0 amide bonds. The predicted octanol–water partition coefficient (Wildman–Crippen LogP) is 1.33. The molecule has 3 aliphatic heterocycles. The standard InChI is InChI=1S/C18H26N2O3/c1-2-19-8-10-20(11-9-19)15-13-22-18(17-16(15)23-17)21-12-14-6-4-3-5-7-14/h3-7,15-18H,2,8-13H2,1H3/t15-,16+,17+,18+/m1/s1. The van der Waals surface area contributed by atoms with E-state index in [1.54, 1.807) is 0 Å². The number of likely N-dealkylation sites (N-methyl/N-ethyl adjacent to an activating group) is 1. The van der Waals surface area contributed by atoms with Crippen molar-refractivity contribution in [3.8, 4) is 0 Å². The van der Waals surface area contributed by atoms with Crippen molar-refractivity contribution in [2.24, 2.45) is 0 Å². The first-order valence-electron chi connectivity index (χ1n) is 8.74. The van der Waals surface area contributed by atoms with E-state index in [1.165, 1.54) is 5.56 Å². The number of hydrogen-bond donors (Lipinski definition) is 0. The number of piperazine rings is 1. The Kier molecular flexibility index (Phi) is 4.64. The van der Waals surface area contributed by atoms with Crippen LogP contribution in [-0.4, -0.2) is 73.7 Å². The van der Waals surface area contributed by atoms with Crippen LogP contribution in [-0.2, 0) is 20.8 Å². The Labute approximate surface area is 138 Å². The highest BCUT2D eigenvalue weighted by atomic mass is 16.7. The van der Waals surface area contributed by atoms with E-state index in [9.17, 15) is 0 Å². The van der Waals surface area contributed by atoms with Crippen molar-refractivity contribution in [2.45, 2.75) is 38.1 Å². The molecule has 1 aromatic carbocycles. The van der Waals surface area contributed by atoms with Gasteiger partial charge in [0.1, 0.15) is 12.2 Å². The monoisotopic (exact) mass is 318 g/mol. The Morgan fingerprint density at radius 2 is 1.87 bits per heavy atom. The highest BCUT2D eigenvalue weighted by molar-refractivity contribution is 5.13. The number of rotatable bonds is 5. The van der Waals surface area contributed by atoms with Gasteiger partial charge >= 0.3 is 0 Å². The van der Waals surface area contributed by atoms with E-state index in [0.717, 1.165) is 32.7 Å². The summed E-state index contributed by atoms with van der Waals surface area (Å²) < 4.78 is 17.8. The topological polar surface area (TPSA) is 37.5 Å². The van der Waals surface area contributed by atoms with Gasteiger partial charge in [-0.25, -0.2) is 0 Å². The van der Waals surface area contributed by atoms with Crippen molar-refractivity contribution in [1.29, 1.82) is 0 Å². The minimum absolute atomic E-state index is 0.113. The van der Waals surface area contributed by atoms with Gasteiger partial charge in [0.05, 0.1) is 19.3 Å². The SMILES string of the molecule is CCN1CCN([C@@H]2CO[C@H](OCc3ccccc3)[C@H]3O[C@H]32)CC1. The molecular formula is C18H26N2O3. The second-order valence-corrected chi connectivity index (χ2v) is 6.60. The summed E-state index contributed by atoms with van der Waals surface area (Å²) in [6, 6.07) is 10.6. The lowest BCUT2D eigenvalue weighted by Crippen LogP contribution is -2.55. The summed E-state index contributed by atoms with van der Waals surface area (Å²) in [7, 11) is 0. The first kappa shape index (κ1) is 15.5. The molecule has 5 nitrogen and oxygen atoms in total. The molecule has 4 rings (SSSR count). The first-order chi connectivity index (χ1) is 11.3. The van der Waals surface area contributed by atoms with Gasteiger partial charge in [-0.1, -0.05) is 37.3 Å². The van der Waals surface area contributed by atoms with Crippen LogP contribution in [0.2, 0.25) is 0 Å². The van der Waals surface area contributed by atoms with Crippen LogP contribution in [0, 0.1) is 0 Å². The van der Waals surface area contributed by atoms with Crippen LogP contribution >= 0.6 is 0 Å². The molecule has 23 heavy (non-hydrogen) atoms. The molecule has 4 atom stereocenters. The summed E-state index contributed by atoms with van der Waals surface area (Å²) >= 11 is 0. The quantitative estimate of drug-likeness (QED) is 0.766. The first-order valence-corrected chi connectivity index (χ1v) is 8.74. The highest BCUT2D eigenvalue weighted by Crippen LogP contribution is 2.37. The molecular weight excluding hydrogens is 292 g/mol. The van der Waals surface area contributed by atoms with Gasteiger partial charge in [0.2, 0.25) is 0 Å². The number of benzene rings is 1. The number of fused-ring (bicyclic) bond motifs is 1. The number of nitrogens with zero attached hydrogens (tertiary/aromatic N) is 2. The van der Waals surface area contributed by atoms with E-state index in [0.29, 0.717) is 19.3 Å². The molecule has 1 aromatic rings. The van der Waals surface area contributed by atoms with Gasteiger partial charge in [-0.3, -0.25) is 4.90 Å². The molecule has 0 N–H and O–H groups in total. The van der Waals surface area contributed by atoms with Gasteiger partial charge in [-0.2, -0.15) is 0 Å². The van der Waals surface area contributed by atoms with Gasteiger partial charge in [-0.05, 0) is 12.1 Å². The van der Waals surface area contributed by atoms with Gasteiger partial charge in [0.25, 0.3) is 0 Å². The third-order valence-electron chi connectivity index (χ3n) is 5.22. The van der Waals surface area contributed by atoms with Crippen molar-refractivity contribution in [1.82, 2.24) is 9.80 Å². The van der Waals surface area contributed by atoms with Gasteiger partial charge in [0, 0.05) is 26.2 Å². The smallest absolute Gasteiger partial charge is 0.186 e. The third kappa shape index (κ3) is 3.44. The van der Waals surface area contributed by atoms with Crippen LogP contribution in [0.15, 0.2) is 30.3 Å². The summed E-state index contributed by atoms with van der Waals surface area (Å²) in [5.74, 6) is 0. The minimum atomic E-state index is -0.214. The summed E-state index contributed by atoms with van der Waals surface area (Å²) in [5.41, 5.74) is 1.17. The average molecular weight is 318 g/mol. The Morgan fingerprint density at radius 1 is 1.09 bits per heavy atom. The zero-order valence-electron chi connectivity index (χ0n) is 13.8. The van der Waals surface area contributed by atoms with Gasteiger partial charge in [-0.15, -0.1) is 0 Å². The predicted molar refractivity (Wildman–Crippen MR) is 87.1 cm³/mol. The Morgan fingerprint density at radius 3 is 2.61 bits per heavy atom. The Balaban J connectivity index is 1.26. The van der Waals surface area contributed by atoms with E-state index in [4.69, 9.17) is 14.2 Å². The van der Waals surface area contributed by atoms with Crippen molar-refractivity contribution in [3.63, 3.8) is 0 Å². The fourth-order valence-electron chi connectivity index (χ4n) is 3.67. The molecule has 0 spiro atoms. The number of ether oxygens (including phenoxy) is 3. The lowest BCUT2D eigenvalue weighted by Gasteiger charge is -2.40. The summed E-state index contributed by atoms with van der Waals surface area (Å²) in [6.07, 6.45) is 0.188. The minimum Gasteiger partial charge on any atom is -0.362 e. The van der Waals surface area contributed by atoms with Crippen LogP contribution in [0.5, 0.6) is 0 Å². The van der Waals surface area contributed by atoms with E-state index in [-0.39, 0.29) is 18.5 Å². The largest absolute Gasteiger partial charge is 0.362 e. The highest BCUT2D eigenvalue weighted by Gasteiger charge is 2.56. The average Bonchev–Trinajstić information content (AvgIpc) is 3.41. The lowest BCUT2D eigenvalue weighted by atomic mass is 10.1. The van der Waals surface area contributed by atoms with Crippen LogP contribution in [0.1, 0.15) is 12.5 Å². The molecule has 0 unspecified atom stereocenters. The van der Waals surface area contributed by atoms with Gasteiger partial charge < -0.3 is 19.1 Å². The van der Waals surface area contributed by atoms with E-state index in [1.807, 2.05) is 18.2 Å². The zero-order chi connectivity index (χ0) is 15.6. The second-order valence-electron chi connectivity index (χ2n) is 6.60. The third-order valence-corrected chi connectivity index (χ3v) is 5.22. The van der Waals surface area contributed by atoms with Gasteiger partial charge in [0.15, 0.2) is 6.29 Å². The van der Waals surface area contributed by atoms with Crippen molar-refractivity contribution < 1.29 is 14.2 Å². The Hall–Kier alpha value is -0.980. The van der Waals surface area contributed by atoms with Crippen LogP contribution in [0.25, 0.3) is 0 Å². The molecule has 3 heterocycles. The maximum atomic E-state index is 5.97. The molecule has 0 saturated carbocycles. The molecule has 0 aliphatic carbocycles. The molecule has 126 valence electrons.